The van der Waals surface area contributed by atoms with E-state index in [1.807, 2.05) is 0 Å². The summed E-state index contributed by atoms with van der Waals surface area (Å²) in [4.78, 5) is 20.4. The van der Waals surface area contributed by atoms with E-state index in [0.29, 0.717) is 0 Å². The number of aliphatic carboxylic acids is 2. The maximum absolute atomic E-state index is 10.1. The highest BCUT2D eigenvalue weighted by molar-refractivity contribution is 5.66. The van der Waals surface area contributed by atoms with Crippen molar-refractivity contribution in [2.75, 3.05) is 19.6 Å². The van der Waals surface area contributed by atoms with Crippen LogP contribution in [0.1, 0.15) is 27.2 Å². The first-order valence-corrected chi connectivity index (χ1v) is 4.66. The summed E-state index contributed by atoms with van der Waals surface area (Å²) in [6, 6.07) is 0. The molecule has 0 aliphatic heterocycles. The fraction of sp³-hybridized carbons (Fsp3) is 0.778. The molecule has 0 aromatic heterocycles. The second-order valence-electron chi connectivity index (χ2n) is 2.84. The molecule has 5 nitrogen and oxygen atoms in total. The van der Waals surface area contributed by atoms with Crippen LogP contribution in [0.2, 0.25) is 0 Å². The Morgan fingerprint density at radius 3 is 1.86 bits per heavy atom. The second-order valence-corrected chi connectivity index (χ2v) is 2.84. The highest BCUT2D eigenvalue weighted by atomic mass is 16.4. The molecule has 0 amide bonds. The molecule has 0 radical (unpaired) electrons. The van der Waals surface area contributed by atoms with Crippen LogP contribution in [0.25, 0.3) is 0 Å². The van der Waals surface area contributed by atoms with E-state index in [1.165, 1.54) is 4.90 Å². The fourth-order valence-electron chi connectivity index (χ4n) is 0.887. The number of carboxylic acid groups (broad SMARTS) is 2. The summed E-state index contributed by atoms with van der Waals surface area (Å²) in [5.74, 6) is -1.78. The van der Waals surface area contributed by atoms with E-state index in [-0.39, 0.29) is 6.42 Å². The zero-order chi connectivity index (χ0) is 11.6. The predicted molar refractivity (Wildman–Crippen MR) is 49.8 cm³/mol. The minimum Gasteiger partial charge on any atom is -0.550 e. The standard InChI is InChI=1S/C7H15NO2.C2H4O2/c1-3-8(4-2)6-5-7(9)10;1-2(3)4/h3-6H2,1-2H3,(H,9,10);1H3,(H,3,4). The van der Waals surface area contributed by atoms with Crippen LogP contribution >= 0.6 is 0 Å². The predicted octanol–water partition coefficient (Wildman–Crippen LogP) is -1.86. The monoisotopic (exact) mass is 205 g/mol. The van der Waals surface area contributed by atoms with E-state index in [9.17, 15) is 4.79 Å². The van der Waals surface area contributed by atoms with Crippen LogP contribution < -0.4 is 10.0 Å². The first-order valence-electron chi connectivity index (χ1n) is 4.66. The molecule has 14 heavy (non-hydrogen) atoms. The summed E-state index contributed by atoms with van der Waals surface area (Å²) >= 11 is 0. The normalized spacial score (nSPS) is 9.14. The number of quaternary nitrogens is 1. The molecular weight excluding hydrogens is 186 g/mol. The number of hydrogen-bond donors (Lipinski definition) is 2. The summed E-state index contributed by atoms with van der Waals surface area (Å²) in [6.45, 7) is 7.90. The summed E-state index contributed by atoms with van der Waals surface area (Å²) in [5, 5.41) is 17.2. The Labute approximate surface area is 84.3 Å². The van der Waals surface area contributed by atoms with Crippen molar-refractivity contribution >= 4 is 11.9 Å². The molecule has 84 valence electrons. The third-order valence-electron chi connectivity index (χ3n) is 1.69. The van der Waals surface area contributed by atoms with Gasteiger partial charge in [-0.1, -0.05) is 0 Å². The van der Waals surface area contributed by atoms with Crippen molar-refractivity contribution in [1.29, 1.82) is 0 Å². The molecule has 0 bridgehead atoms. The van der Waals surface area contributed by atoms with Gasteiger partial charge in [-0.3, -0.25) is 4.79 Å². The Morgan fingerprint density at radius 2 is 1.64 bits per heavy atom. The van der Waals surface area contributed by atoms with Crippen molar-refractivity contribution in [1.82, 2.24) is 0 Å². The van der Waals surface area contributed by atoms with Gasteiger partial charge in [0.15, 0.2) is 0 Å². The molecule has 0 atom stereocenters. The molecule has 2 N–H and O–H groups in total. The van der Waals surface area contributed by atoms with Crippen molar-refractivity contribution < 1.29 is 24.7 Å². The van der Waals surface area contributed by atoms with Crippen LogP contribution in [0.5, 0.6) is 0 Å². The maximum atomic E-state index is 10.1. The Morgan fingerprint density at radius 1 is 1.29 bits per heavy atom. The minimum atomic E-state index is -1.08. The Kier molecular flexibility index (Phi) is 11.0. The fourth-order valence-corrected chi connectivity index (χ4v) is 0.887. The second kappa shape index (κ2) is 9.98. The zero-order valence-electron chi connectivity index (χ0n) is 9.00. The highest BCUT2D eigenvalue weighted by Gasteiger charge is 2.04. The minimum absolute atomic E-state index is 0.289. The highest BCUT2D eigenvalue weighted by Crippen LogP contribution is 1.70. The number of hydrogen-bond acceptors (Lipinski definition) is 3. The van der Waals surface area contributed by atoms with E-state index in [1.54, 1.807) is 0 Å². The molecule has 0 saturated heterocycles. The average Bonchev–Trinajstić information content (AvgIpc) is 2.04. The SMILES string of the molecule is CC(=O)[O-].CC[NH+](CC)CCC(=O)O. The largest absolute Gasteiger partial charge is 0.550 e. The average molecular weight is 205 g/mol. The van der Waals surface area contributed by atoms with Gasteiger partial charge in [0, 0.05) is 5.97 Å². The van der Waals surface area contributed by atoms with Gasteiger partial charge >= 0.3 is 5.97 Å². The van der Waals surface area contributed by atoms with Crippen molar-refractivity contribution in [3.8, 4) is 0 Å². The van der Waals surface area contributed by atoms with E-state index < -0.39 is 11.9 Å². The van der Waals surface area contributed by atoms with Crippen LogP contribution in [0, 0.1) is 0 Å². The van der Waals surface area contributed by atoms with Crippen LogP contribution in [0.15, 0.2) is 0 Å². The number of carbonyl (C=O) groups excluding carboxylic acids is 1. The van der Waals surface area contributed by atoms with Crippen LogP contribution in [0.4, 0.5) is 0 Å². The summed E-state index contributed by atoms with van der Waals surface area (Å²) in [5.41, 5.74) is 0. The number of carbonyl (C=O) groups is 2. The third kappa shape index (κ3) is 17.1. The van der Waals surface area contributed by atoms with Gasteiger partial charge in [0.2, 0.25) is 0 Å². The molecule has 0 saturated carbocycles. The van der Waals surface area contributed by atoms with E-state index in [0.717, 1.165) is 26.6 Å². The van der Waals surface area contributed by atoms with Gasteiger partial charge in [0.25, 0.3) is 0 Å². The lowest BCUT2D eigenvalue weighted by atomic mass is 10.4. The number of carboxylic acids is 2. The Hall–Kier alpha value is -1.10. The lowest BCUT2D eigenvalue weighted by Gasteiger charge is -2.12. The van der Waals surface area contributed by atoms with Gasteiger partial charge in [-0.2, -0.15) is 0 Å². The molecule has 0 rings (SSSR count). The van der Waals surface area contributed by atoms with Gasteiger partial charge in [0.05, 0.1) is 26.1 Å². The van der Waals surface area contributed by atoms with Crippen LogP contribution in [-0.4, -0.2) is 36.7 Å². The lowest BCUT2D eigenvalue weighted by molar-refractivity contribution is -0.895. The first kappa shape index (κ1) is 15.4. The third-order valence-corrected chi connectivity index (χ3v) is 1.69. The zero-order valence-corrected chi connectivity index (χ0v) is 9.00. The van der Waals surface area contributed by atoms with E-state index in [2.05, 4.69) is 13.8 Å². The molecule has 0 fully saturated rings. The molecule has 0 aliphatic rings. The summed E-state index contributed by atoms with van der Waals surface area (Å²) < 4.78 is 0. The van der Waals surface area contributed by atoms with Gasteiger partial charge < -0.3 is 19.9 Å². The molecule has 0 spiro atoms. The van der Waals surface area contributed by atoms with Crippen molar-refractivity contribution in [2.45, 2.75) is 27.2 Å². The van der Waals surface area contributed by atoms with Crippen molar-refractivity contribution in [2.24, 2.45) is 0 Å². The summed E-state index contributed by atoms with van der Waals surface area (Å²) in [7, 11) is 0. The first-order chi connectivity index (χ1) is 6.43. The maximum Gasteiger partial charge on any atom is 0.309 e. The Bertz CT molecular complexity index is 162. The smallest absolute Gasteiger partial charge is 0.309 e. The molecular formula is C9H19NO4. The Balaban J connectivity index is 0. The van der Waals surface area contributed by atoms with Crippen molar-refractivity contribution in [3.05, 3.63) is 0 Å². The van der Waals surface area contributed by atoms with E-state index >= 15 is 0 Å². The quantitative estimate of drug-likeness (QED) is 0.551. The van der Waals surface area contributed by atoms with E-state index in [4.69, 9.17) is 15.0 Å². The van der Waals surface area contributed by atoms with Gasteiger partial charge in [-0.25, -0.2) is 0 Å². The topological polar surface area (TPSA) is 81.9 Å². The molecule has 0 unspecified atom stereocenters. The van der Waals surface area contributed by atoms with Crippen LogP contribution in [0.3, 0.4) is 0 Å². The molecule has 0 heterocycles. The molecule has 0 aliphatic carbocycles. The van der Waals surface area contributed by atoms with Crippen LogP contribution in [-0.2, 0) is 9.59 Å². The van der Waals surface area contributed by atoms with Crippen molar-refractivity contribution in [3.63, 3.8) is 0 Å². The molecule has 5 heteroatoms. The number of nitrogens with one attached hydrogen (secondary N) is 1. The van der Waals surface area contributed by atoms with Gasteiger partial charge in [-0.15, -0.1) is 0 Å². The van der Waals surface area contributed by atoms with Gasteiger partial charge in [-0.05, 0) is 20.8 Å². The number of rotatable bonds is 5. The lowest BCUT2D eigenvalue weighted by Crippen LogP contribution is -3.11. The summed E-state index contributed by atoms with van der Waals surface area (Å²) in [6.07, 6.45) is 0.289. The molecule has 0 aromatic rings. The molecule has 0 aromatic carbocycles. The van der Waals surface area contributed by atoms with Gasteiger partial charge in [0.1, 0.15) is 0 Å².